The first-order valence-electron chi connectivity index (χ1n) is 15.9. The van der Waals surface area contributed by atoms with Gasteiger partial charge in [0.25, 0.3) is 5.82 Å². The Bertz CT molecular complexity index is 533. The predicted octanol–water partition coefficient (Wildman–Crippen LogP) is 10.4. The molecular weight excluding hydrogens is 412 g/mol. The standard InChI is InChI=1S/C32H63N2/c1-4-7-10-13-16-18-20-23-26-29-34-31-30-33(28-25-22-15-12-9-6-3)32(34)27-24-21-19-17-14-11-8-5-2/h30-31H,4-29H2,1-3H3/q+1. The van der Waals surface area contributed by atoms with Crippen LogP contribution in [0.4, 0.5) is 0 Å². The summed E-state index contributed by atoms with van der Waals surface area (Å²) in [6.07, 6.45) is 38.5. The van der Waals surface area contributed by atoms with Gasteiger partial charge in [-0.25, -0.2) is 9.13 Å². The maximum Gasteiger partial charge on any atom is 0.256 e. The molecule has 0 aromatic carbocycles. The highest BCUT2D eigenvalue weighted by atomic mass is 15.1. The lowest BCUT2D eigenvalue weighted by Crippen LogP contribution is -2.37. The van der Waals surface area contributed by atoms with Crippen molar-refractivity contribution < 1.29 is 4.57 Å². The molecule has 0 amide bonds. The molecule has 0 unspecified atom stereocenters. The maximum atomic E-state index is 2.61. The Morgan fingerprint density at radius 3 is 1.41 bits per heavy atom. The van der Waals surface area contributed by atoms with Crippen LogP contribution in [0.3, 0.4) is 0 Å². The van der Waals surface area contributed by atoms with Gasteiger partial charge in [0, 0.05) is 6.42 Å². The van der Waals surface area contributed by atoms with Crippen LogP contribution in [0, 0.1) is 0 Å². The van der Waals surface area contributed by atoms with Crippen LogP contribution in [0.15, 0.2) is 12.4 Å². The van der Waals surface area contributed by atoms with Crippen molar-refractivity contribution in [1.29, 1.82) is 0 Å². The largest absolute Gasteiger partial charge is 0.256 e. The maximum absolute atomic E-state index is 2.61. The van der Waals surface area contributed by atoms with Crippen LogP contribution in [0.5, 0.6) is 0 Å². The highest BCUT2D eigenvalue weighted by Gasteiger charge is 2.16. The predicted molar refractivity (Wildman–Crippen MR) is 152 cm³/mol. The number of imidazole rings is 1. The zero-order chi connectivity index (χ0) is 24.5. The molecule has 0 saturated heterocycles. The minimum Gasteiger partial charge on any atom is -0.234 e. The lowest BCUT2D eigenvalue weighted by Gasteiger charge is -2.07. The fourth-order valence-electron chi connectivity index (χ4n) is 5.26. The van der Waals surface area contributed by atoms with Gasteiger partial charge in [0.05, 0.1) is 13.1 Å². The van der Waals surface area contributed by atoms with E-state index >= 15 is 0 Å². The SMILES string of the molecule is CCCCCCCCCCC[n+]1ccn(CCCCCCCC)c1CCCCCCCCCC. The Morgan fingerprint density at radius 1 is 0.500 bits per heavy atom. The molecule has 1 rings (SSSR count). The van der Waals surface area contributed by atoms with Crippen LogP contribution in [0.25, 0.3) is 0 Å². The third-order valence-electron chi connectivity index (χ3n) is 7.60. The molecule has 0 aliphatic heterocycles. The normalized spacial score (nSPS) is 11.5. The molecule has 34 heavy (non-hydrogen) atoms. The lowest BCUT2D eigenvalue weighted by atomic mass is 10.1. The summed E-state index contributed by atoms with van der Waals surface area (Å²) in [4.78, 5) is 0. The monoisotopic (exact) mass is 475 g/mol. The summed E-state index contributed by atoms with van der Waals surface area (Å²) in [5.41, 5.74) is 0. The average molecular weight is 476 g/mol. The van der Waals surface area contributed by atoms with Gasteiger partial charge in [-0.2, -0.15) is 0 Å². The smallest absolute Gasteiger partial charge is 0.234 e. The van der Waals surface area contributed by atoms with Crippen molar-refractivity contribution >= 4 is 0 Å². The van der Waals surface area contributed by atoms with Crippen LogP contribution in [-0.2, 0) is 19.5 Å². The molecule has 1 heterocycles. The van der Waals surface area contributed by atoms with Crippen LogP contribution in [0.2, 0.25) is 0 Å². The summed E-state index contributed by atoms with van der Waals surface area (Å²) in [6.45, 7) is 9.38. The summed E-state index contributed by atoms with van der Waals surface area (Å²) in [5.74, 6) is 1.61. The minimum absolute atomic E-state index is 1.23. The zero-order valence-corrected chi connectivity index (χ0v) is 23.9. The van der Waals surface area contributed by atoms with Gasteiger partial charge in [0.2, 0.25) is 0 Å². The van der Waals surface area contributed by atoms with Crippen molar-refractivity contribution in [2.45, 2.75) is 188 Å². The van der Waals surface area contributed by atoms with Gasteiger partial charge in [-0.3, -0.25) is 0 Å². The molecule has 0 atom stereocenters. The Balaban J connectivity index is 2.36. The van der Waals surface area contributed by atoms with Crippen LogP contribution in [0.1, 0.15) is 174 Å². The van der Waals surface area contributed by atoms with E-state index < -0.39 is 0 Å². The summed E-state index contributed by atoms with van der Waals surface area (Å²) in [6, 6.07) is 0. The molecule has 0 bridgehead atoms. The first kappa shape index (κ1) is 31.2. The molecule has 0 aliphatic carbocycles. The third-order valence-corrected chi connectivity index (χ3v) is 7.60. The van der Waals surface area contributed by atoms with E-state index in [2.05, 4.69) is 42.3 Å². The molecule has 0 saturated carbocycles. The van der Waals surface area contributed by atoms with E-state index in [4.69, 9.17) is 0 Å². The fourth-order valence-corrected chi connectivity index (χ4v) is 5.26. The van der Waals surface area contributed by atoms with Gasteiger partial charge in [-0.15, -0.1) is 0 Å². The van der Waals surface area contributed by atoms with Crippen molar-refractivity contribution in [3.63, 3.8) is 0 Å². The number of hydrogen-bond donors (Lipinski definition) is 0. The molecule has 1 aromatic heterocycles. The second-order valence-electron chi connectivity index (χ2n) is 10.9. The first-order chi connectivity index (χ1) is 16.8. The van der Waals surface area contributed by atoms with Crippen molar-refractivity contribution in [2.24, 2.45) is 0 Å². The van der Waals surface area contributed by atoms with Gasteiger partial charge < -0.3 is 0 Å². The number of aromatic nitrogens is 2. The van der Waals surface area contributed by atoms with Gasteiger partial charge in [0.1, 0.15) is 12.4 Å². The van der Waals surface area contributed by atoms with E-state index in [1.54, 1.807) is 5.82 Å². The van der Waals surface area contributed by atoms with E-state index in [-0.39, 0.29) is 0 Å². The number of unbranched alkanes of at least 4 members (excludes halogenated alkanes) is 20. The van der Waals surface area contributed by atoms with Gasteiger partial charge in [-0.1, -0.05) is 136 Å². The number of nitrogens with zero attached hydrogens (tertiary/aromatic N) is 2. The Kier molecular flexibility index (Phi) is 22.0. The second kappa shape index (κ2) is 23.9. The van der Waals surface area contributed by atoms with Crippen molar-refractivity contribution in [3.8, 4) is 0 Å². The van der Waals surface area contributed by atoms with E-state index in [9.17, 15) is 0 Å². The quantitative estimate of drug-likeness (QED) is 0.0930. The van der Waals surface area contributed by atoms with Gasteiger partial charge in [0.15, 0.2) is 0 Å². The minimum atomic E-state index is 1.23. The number of aryl methyl sites for hydroxylation is 2. The van der Waals surface area contributed by atoms with Crippen LogP contribution in [-0.4, -0.2) is 4.57 Å². The molecule has 0 fully saturated rings. The molecule has 0 spiro atoms. The summed E-state index contributed by atoms with van der Waals surface area (Å²) < 4.78 is 5.22. The Morgan fingerprint density at radius 2 is 0.912 bits per heavy atom. The van der Waals surface area contributed by atoms with Crippen LogP contribution < -0.4 is 4.57 Å². The first-order valence-corrected chi connectivity index (χ1v) is 15.9. The molecular formula is C32H63N2+. The summed E-state index contributed by atoms with van der Waals surface area (Å²) in [7, 11) is 0. The van der Waals surface area contributed by atoms with Crippen molar-refractivity contribution in [2.75, 3.05) is 0 Å². The van der Waals surface area contributed by atoms with Crippen LogP contribution >= 0.6 is 0 Å². The highest BCUT2D eigenvalue weighted by Crippen LogP contribution is 2.13. The fraction of sp³-hybridized carbons (Fsp3) is 0.906. The zero-order valence-electron chi connectivity index (χ0n) is 23.9. The van der Waals surface area contributed by atoms with E-state index in [1.807, 2.05) is 0 Å². The molecule has 200 valence electrons. The summed E-state index contributed by atoms with van der Waals surface area (Å²) in [5, 5.41) is 0. The number of rotatable bonds is 26. The highest BCUT2D eigenvalue weighted by molar-refractivity contribution is 4.84. The van der Waals surface area contributed by atoms with Gasteiger partial charge >= 0.3 is 0 Å². The Labute approximate surface area is 215 Å². The van der Waals surface area contributed by atoms with Crippen molar-refractivity contribution in [3.05, 3.63) is 18.2 Å². The molecule has 0 aliphatic rings. The molecule has 0 N–H and O–H groups in total. The van der Waals surface area contributed by atoms with E-state index in [0.717, 1.165) is 0 Å². The third kappa shape index (κ3) is 16.8. The average Bonchev–Trinajstić information content (AvgIpc) is 3.23. The summed E-state index contributed by atoms with van der Waals surface area (Å²) >= 11 is 0. The topological polar surface area (TPSA) is 8.81 Å². The molecule has 2 heteroatoms. The van der Waals surface area contributed by atoms with E-state index in [1.165, 1.54) is 167 Å². The Hall–Kier alpha value is -0.790. The van der Waals surface area contributed by atoms with Gasteiger partial charge in [-0.05, 0) is 32.1 Å². The molecule has 1 aromatic rings. The van der Waals surface area contributed by atoms with E-state index in [0.29, 0.717) is 0 Å². The number of hydrogen-bond acceptors (Lipinski definition) is 0. The lowest BCUT2D eigenvalue weighted by molar-refractivity contribution is -0.704. The molecule has 0 radical (unpaired) electrons. The molecule has 2 nitrogen and oxygen atoms in total. The van der Waals surface area contributed by atoms with Crippen molar-refractivity contribution in [1.82, 2.24) is 4.57 Å². The second-order valence-corrected chi connectivity index (χ2v) is 10.9.